The average Bonchev–Trinajstić information content (AvgIpc) is 2.88. The highest BCUT2D eigenvalue weighted by Crippen LogP contribution is 2.21. The lowest BCUT2D eigenvalue weighted by Gasteiger charge is -2.35. The quantitative estimate of drug-likeness (QED) is 0.901. The number of nitrogens with zero attached hydrogens (tertiary/aromatic N) is 2. The van der Waals surface area contributed by atoms with Crippen molar-refractivity contribution >= 4 is 17.6 Å². The molecule has 0 aromatic heterocycles. The van der Waals surface area contributed by atoms with Gasteiger partial charge in [0.25, 0.3) is 0 Å². The lowest BCUT2D eigenvalue weighted by atomic mass is 10.2. The van der Waals surface area contributed by atoms with E-state index in [0.29, 0.717) is 26.1 Å². The maximum absolute atomic E-state index is 12.5. The fourth-order valence-electron chi connectivity index (χ4n) is 3.26. The molecule has 0 bridgehead atoms. The van der Waals surface area contributed by atoms with E-state index in [-0.39, 0.29) is 24.1 Å². The van der Waals surface area contributed by atoms with Crippen LogP contribution in [0.15, 0.2) is 30.3 Å². The maximum Gasteiger partial charge on any atom is 0.318 e. The van der Waals surface area contributed by atoms with Crippen molar-refractivity contribution in [1.29, 1.82) is 0 Å². The van der Waals surface area contributed by atoms with E-state index in [9.17, 15) is 9.59 Å². The van der Waals surface area contributed by atoms with Gasteiger partial charge in [-0.15, -0.1) is 0 Å². The molecule has 3 atom stereocenters. The second kappa shape index (κ2) is 6.58. The molecule has 1 aromatic carbocycles. The van der Waals surface area contributed by atoms with Crippen LogP contribution in [0.4, 0.5) is 10.5 Å². The van der Waals surface area contributed by atoms with E-state index in [0.717, 1.165) is 5.69 Å². The molecular formula is C17H23N3O3. The Balaban J connectivity index is 1.60. The Morgan fingerprint density at radius 3 is 2.48 bits per heavy atom. The first-order valence-corrected chi connectivity index (χ1v) is 8.12. The van der Waals surface area contributed by atoms with E-state index < -0.39 is 6.04 Å². The number of ether oxygens (including phenoxy) is 1. The summed E-state index contributed by atoms with van der Waals surface area (Å²) >= 11 is 0. The van der Waals surface area contributed by atoms with Crippen molar-refractivity contribution in [2.24, 2.45) is 0 Å². The minimum absolute atomic E-state index is 0.0181. The third kappa shape index (κ3) is 3.47. The summed E-state index contributed by atoms with van der Waals surface area (Å²) in [4.78, 5) is 28.4. The number of hydrogen-bond acceptors (Lipinski definition) is 3. The topological polar surface area (TPSA) is 61.9 Å². The number of carbonyl (C=O) groups excluding carboxylic acids is 2. The molecular weight excluding hydrogens is 294 g/mol. The smallest absolute Gasteiger partial charge is 0.318 e. The van der Waals surface area contributed by atoms with E-state index in [1.165, 1.54) is 0 Å². The highest BCUT2D eigenvalue weighted by molar-refractivity contribution is 6.01. The Kier molecular flexibility index (Phi) is 4.52. The first-order valence-electron chi connectivity index (χ1n) is 8.12. The Bertz CT molecular complexity index is 568. The van der Waals surface area contributed by atoms with Crippen molar-refractivity contribution in [3.05, 3.63) is 30.3 Å². The van der Waals surface area contributed by atoms with Crippen molar-refractivity contribution < 1.29 is 14.3 Å². The number of para-hydroxylation sites is 1. The average molecular weight is 317 g/mol. The number of anilines is 1. The molecule has 0 unspecified atom stereocenters. The highest BCUT2D eigenvalue weighted by atomic mass is 16.5. The minimum Gasteiger partial charge on any atom is -0.372 e. The molecule has 2 saturated heterocycles. The van der Waals surface area contributed by atoms with Crippen molar-refractivity contribution in [2.75, 3.05) is 24.5 Å². The maximum atomic E-state index is 12.5. The summed E-state index contributed by atoms with van der Waals surface area (Å²) in [7, 11) is 0. The molecule has 0 spiro atoms. The van der Waals surface area contributed by atoms with Crippen LogP contribution in [0.5, 0.6) is 0 Å². The Morgan fingerprint density at radius 2 is 1.83 bits per heavy atom. The minimum atomic E-state index is -0.448. The van der Waals surface area contributed by atoms with Crippen LogP contribution in [0.25, 0.3) is 0 Å². The van der Waals surface area contributed by atoms with Crippen LogP contribution in [-0.2, 0) is 9.53 Å². The van der Waals surface area contributed by atoms with E-state index >= 15 is 0 Å². The van der Waals surface area contributed by atoms with Crippen LogP contribution in [0.1, 0.15) is 20.3 Å². The number of amides is 3. The summed E-state index contributed by atoms with van der Waals surface area (Å²) in [5, 5.41) is 2.88. The zero-order valence-corrected chi connectivity index (χ0v) is 13.6. The fraction of sp³-hybridized carbons (Fsp3) is 0.529. The van der Waals surface area contributed by atoms with Crippen LogP contribution in [-0.4, -0.2) is 54.7 Å². The van der Waals surface area contributed by atoms with Crippen molar-refractivity contribution in [3.63, 3.8) is 0 Å². The molecule has 3 amide bonds. The summed E-state index contributed by atoms with van der Waals surface area (Å²) in [5.74, 6) is -0.0427. The molecule has 23 heavy (non-hydrogen) atoms. The van der Waals surface area contributed by atoms with E-state index in [1.807, 2.05) is 44.2 Å². The zero-order valence-electron chi connectivity index (χ0n) is 13.6. The molecule has 1 aromatic rings. The van der Waals surface area contributed by atoms with E-state index in [2.05, 4.69) is 5.32 Å². The number of rotatable bonds is 2. The molecule has 0 saturated carbocycles. The molecule has 2 aliphatic heterocycles. The van der Waals surface area contributed by atoms with Crippen LogP contribution < -0.4 is 10.2 Å². The summed E-state index contributed by atoms with van der Waals surface area (Å²) in [5.41, 5.74) is 0.878. The number of nitrogens with one attached hydrogen (secondary N) is 1. The largest absolute Gasteiger partial charge is 0.372 e. The highest BCUT2D eigenvalue weighted by Gasteiger charge is 2.35. The number of hydrogen-bond donors (Lipinski definition) is 1. The summed E-state index contributed by atoms with van der Waals surface area (Å²) < 4.78 is 5.64. The molecule has 0 aliphatic carbocycles. The third-order valence-electron chi connectivity index (χ3n) is 4.28. The third-order valence-corrected chi connectivity index (χ3v) is 4.28. The van der Waals surface area contributed by atoms with Crippen LogP contribution in [0, 0.1) is 0 Å². The van der Waals surface area contributed by atoms with Gasteiger partial charge in [-0.2, -0.15) is 0 Å². The van der Waals surface area contributed by atoms with Gasteiger partial charge >= 0.3 is 6.03 Å². The molecule has 6 nitrogen and oxygen atoms in total. The predicted octanol–water partition coefficient (Wildman–Crippen LogP) is 1.61. The van der Waals surface area contributed by atoms with Gasteiger partial charge < -0.3 is 19.9 Å². The van der Waals surface area contributed by atoms with Crippen molar-refractivity contribution in [1.82, 2.24) is 10.2 Å². The monoisotopic (exact) mass is 317 g/mol. The lowest BCUT2D eigenvalue weighted by Crippen LogP contribution is -2.54. The SMILES string of the molecule is C[C@@H]1CN(C(=O)N[C@H]2CCN(c3ccccc3)C2=O)C[C@@H](C)O1. The normalized spacial score (nSPS) is 28.1. The Labute approximate surface area is 136 Å². The summed E-state index contributed by atoms with van der Waals surface area (Å²) in [6.07, 6.45) is 0.670. The van der Waals surface area contributed by atoms with Gasteiger partial charge in [0.1, 0.15) is 6.04 Å². The van der Waals surface area contributed by atoms with Gasteiger partial charge in [-0.05, 0) is 32.4 Å². The molecule has 2 aliphatic rings. The van der Waals surface area contributed by atoms with Gasteiger partial charge in [0.05, 0.1) is 12.2 Å². The molecule has 0 radical (unpaired) electrons. The van der Waals surface area contributed by atoms with Crippen LogP contribution in [0.3, 0.4) is 0 Å². The molecule has 6 heteroatoms. The molecule has 3 rings (SSSR count). The van der Waals surface area contributed by atoms with Crippen molar-refractivity contribution in [3.8, 4) is 0 Å². The van der Waals surface area contributed by atoms with Gasteiger partial charge in [0.2, 0.25) is 5.91 Å². The fourth-order valence-corrected chi connectivity index (χ4v) is 3.26. The number of morpholine rings is 1. The van der Waals surface area contributed by atoms with Gasteiger partial charge in [-0.25, -0.2) is 4.79 Å². The lowest BCUT2D eigenvalue weighted by molar-refractivity contribution is -0.118. The van der Waals surface area contributed by atoms with Gasteiger partial charge in [0.15, 0.2) is 0 Å². The number of carbonyl (C=O) groups is 2. The summed E-state index contributed by atoms with van der Waals surface area (Å²) in [6.45, 7) is 5.64. The van der Waals surface area contributed by atoms with Gasteiger partial charge in [-0.1, -0.05) is 18.2 Å². The van der Waals surface area contributed by atoms with Gasteiger partial charge in [-0.3, -0.25) is 4.79 Å². The van der Waals surface area contributed by atoms with E-state index in [1.54, 1.807) is 9.80 Å². The molecule has 2 heterocycles. The van der Waals surface area contributed by atoms with Crippen LogP contribution >= 0.6 is 0 Å². The Hall–Kier alpha value is -2.08. The second-order valence-electron chi connectivity index (χ2n) is 6.28. The number of benzene rings is 1. The molecule has 1 N–H and O–H groups in total. The van der Waals surface area contributed by atoms with Gasteiger partial charge in [0, 0.05) is 25.3 Å². The second-order valence-corrected chi connectivity index (χ2v) is 6.28. The molecule has 2 fully saturated rings. The van der Waals surface area contributed by atoms with Crippen molar-refractivity contribution in [2.45, 2.75) is 38.5 Å². The van der Waals surface area contributed by atoms with E-state index in [4.69, 9.17) is 4.74 Å². The zero-order chi connectivity index (χ0) is 16.4. The number of urea groups is 1. The Morgan fingerprint density at radius 1 is 1.17 bits per heavy atom. The summed E-state index contributed by atoms with van der Waals surface area (Å²) in [6, 6.07) is 8.93. The first kappa shape index (κ1) is 15.8. The first-order chi connectivity index (χ1) is 11.0. The molecule has 124 valence electrons. The standard InChI is InChI=1S/C17H23N3O3/c1-12-10-19(11-13(2)23-12)17(22)18-15-8-9-20(16(15)21)14-6-4-3-5-7-14/h3-7,12-13,15H,8-11H2,1-2H3,(H,18,22)/t12-,13-,15+/m1/s1. The van der Waals surface area contributed by atoms with Crippen LogP contribution in [0.2, 0.25) is 0 Å². The predicted molar refractivity (Wildman–Crippen MR) is 87.3 cm³/mol.